The summed E-state index contributed by atoms with van der Waals surface area (Å²) >= 11 is 1.63. The molecule has 0 unspecified atom stereocenters. The first kappa shape index (κ1) is 22.4. The molecule has 1 amide bonds. The van der Waals surface area contributed by atoms with E-state index in [0.29, 0.717) is 13.2 Å². The monoisotopic (exact) mass is 454 g/mol. The maximum atomic E-state index is 13.1. The number of amides is 1. The summed E-state index contributed by atoms with van der Waals surface area (Å²) < 4.78 is 18.5. The van der Waals surface area contributed by atoms with Crippen LogP contribution in [-0.2, 0) is 11.3 Å². The maximum Gasteiger partial charge on any atom is 0.238 e. The van der Waals surface area contributed by atoms with Gasteiger partial charge in [0.1, 0.15) is 16.6 Å². The van der Waals surface area contributed by atoms with Crippen LogP contribution in [0.15, 0.2) is 53.9 Å². The van der Waals surface area contributed by atoms with E-state index in [0.717, 1.165) is 60.4 Å². The van der Waals surface area contributed by atoms with Crippen molar-refractivity contribution in [1.82, 2.24) is 14.8 Å². The number of halogens is 1. The summed E-state index contributed by atoms with van der Waals surface area (Å²) in [6, 6.07) is 13.9. The molecule has 168 valence electrons. The van der Waals surface area contributed by atoms with Gasteiger partial charge in [-0.2, -0.15) is 0 Å². The Kier molecular flexibility index (Phi) is 7.47. The zero-order chi connectivity index (χ0) is 22.3. The van der Waals surface area contributed by atoms with E-state index in [1.165, 1.54) is 12.1 Å². The van der Waals surface area contributed by atoms with E-state index in [1.54, 1.807) is 23.5 Å². The van der Waals surface area contributed by atoms with Crippen molar-refractivity contribution in [2.75, 3.05) is 44.6 Å². The van der Waals surface area contributed by atoms with Gasteiger partial charge in [-0.25, -0.2) is 9.37 Å². The Bertz CT molecular complexity index is 1020. The largest absolute Gasteiger partial charge is 0.494 e. The quantitative estimate of drug-likeness (QED) is 0.555. The fraction of sp³-hybridized carbons (Fsp3) is 0.333. The van der Waals surface area contributed by atoms with Gasteiger partial charge in [0.15, 0.2) is 0 Å². The second-order valence-electron chi connectivity index (χ2n) is 7.69. The lowest BCUT2D eigenvalue weighted by atomic mass is 10.2. The van der Waals surface area contributed by atoms with Crippen molar-refractivity contribution in [3.63, 3.8) is 0 Å². The first-order valence-electron chi connectivity index (χ1n) is 10.8. The average Bonchev–Trinajstić information content (AvgIpc) is 3.25. The van der Waals surface area contributed by atoms with Crippen molar-refractivity contribution in [1.29, 1.82) is 0 Å². The topological polar surface area (TPSA) is 57.7 Å². The van der Waals surface area contributed by atoms with Gasteiger partial charge in [0.05, 0.1) is 25.4 Å². The minimum Gasteiger partial charge on any atom is -0.494 e. The number of ether oxygens (including phenoxy) is 1. The molecule has 4 rings (SSSR count). The molecule has 0 radical (unpaired) electrons. The minimum atomic E-state index is -0.241. The van der Waals surface area contributed by atoms with Gasteiger partial charge in [0, 0.05) is 42.8 Å². The molecule has 0 bridgehead atoms. The highest BCUT2D eigenvalue weighted by atomic mass is 32.1. The van der Waals surface area contributed by atoms with Crippen LogP contribution in [-0.4, -0.2) is 60.0 Å². The number of carbonyl (C=O) groups excluding carboxylic acids is 1. The summed E-state index contributed by atoms with van der Waals surface area (Å²) in [6.07, 6.45) is 0. The molecule has 2 aromatic carbocycles. The molecule has 0 aliphatic carbocycles. The van der Waals surface area contributed by atoms with Crippen molar-refractivity contribution in [2.24, 2.45) is 0 Å². The molecular formula is C24H27FN4O2S. The lowest BCUT2D eigenvalue weighted by Crippen LogP contribution is -2.48. The van der Waals surface area contributed by atoms with Crippen molar-refractivity contribution in [3.8, 4) is 17.0 Å². The number of carbonyl (C=O) groups is 1. The van der Waals surface area contributed by atoms with E-state index in [1.807, 2.05) is 36.6 Å². The first-order chi connectivity index (χ1) is 15.6. The van der Waals surface area contributed by atoms with Crippen molar-refractivity contribution in [2.45, 2.75) is 13.5 Å². The number of nitrogens with zero attached hydrogens (tertiary/aromatic N) is 3. The van der Waals surface area contributed by atoms with Crippen LogP contribution in [0.1, 0.15) is 11.9 Å². The van der Waals surface area contributed by atoms with Crippen molar-refractivity contribution >= 4 is 22.9 Å². The van der Waals surface area contributed by atoms with Gasteiger partial charge in [-0.15, -0.1) is 11.3 Å². The van der Waals surface area contributed by atoms with Crippen molar-refractivity contribution in [3.05, 3.63) is 64.7 Å². The van der Waals surface area contributed by atoms with Crippen LogP contribution < -0.4 is 10.1 Å². The van der Waals surface area contributed by atoms with Crippen LogP contribution in [0.5, 0.6) is 5.75 Å². The zero-order valence-corrected chi connectivity index (χ0v) is 18.9. The molecule has 1 saturated heterocycles. The Morgan fingerprint density at radius 2 is 1.75 bits per heavy atom. The van der Waals surface area contributed by atoms with Crippen LogP contribution >= 0.6 is 11.3 Å². The fourth-order valence-electron chi connectivity index (χ4n) is 3.64. The Morgan fingerprint density at radius 3 is 2.44 bits per heavy atom. The summed E-state index contributed by atoms with van der Waals surface area (Å²) in [4.78, 5) is 21.6. The summed E-state index contributed by atoms with van der Waals surface area (Å²) in [7, 11) is 0. The van der Waals surface area contributed by atoms with E-state index >= 15 is 0 Å². The van der Waals surface area contributed by atoms with Crippen LogP contribution in [0.2, 0.25) is 0 Å². The van der Waals surface area contributed by atoms with Crippen LogP contribution in [0.3, 0.4) is 0 Å². The van der Waals surface area contributed by atoms with E-state index in [2.05, 4.69) is 15.1 Å². The molecule has 3 aromatic rings. The molecule has 0 spiro atoms. The van der Waals surface area contributed by atoms with E-state index in [9.17, 15) is 9.18 Å². The van der Waals surface area contributed by atoms with E-state index in [-0.39, 0.29) is 11.7 Å². The number of piperazine rings is 1. The Balaban J connectivity index is 1.21. The normalized spacial score (nSPS) is 14.9. The number of hydrogen-bond donors (Lipinski definition) is 1. The SMILES string of the molecule is CCOc1ccc(NC(=O)CN2CCN(Cc3nc(-c4ccc(F)cc4)cs3)CC2)cc1. The predicted octanol–water partition coefficient (Wildman–Crippen LogP) is 4.10. The highest BCUT2D eigenvalue weighted by Crippen LogP contribution is 2.23. The summed E-state index contributed by atoms with van der Waals surface area (Å²) in [5, 5.41) is 6.01. The molecular weight excluding hydrogens is 427 g/mol. The van der Waals surface area contributed by atoms with Crippen LogP contribution in [0.4, 0.5) is 10.1 Å². The molecule has 2 heterocycles. The summed E-state index contributed by atoms with van der Waals surface area (Å²) in [5.41, 5.74) is 2.59. The number of thiazole rings is 1. The standard InChI is InChI=1S/C24H27FN4O2S/c1-2-31-21-9-7-20(8-10-21)26-23(30)15-28-11-13-29(14-12-28)16-24-27-22(17-32-24)18-3-5-19(25)6-4-18/h3-10,17H,2,11-16H2,1H3,(H,26,30). The molecule has 1 N–H and O–H groups in total. The number of benzene rings is 2. The summed E-state index contributed by atoms with van der Waals surface area (Å²) in [6.45, 7) is 7.20. The van der Waals surface area contributed by atoms with Crippen LogP contribution in [0, 0.1) is 5.82 Å². The molecule has 8 heteroatoms. The third-order valence-electron chi connectivity index (χ3n) is 5.33. The van der Waals surface area contributed by atoms with Gasteiger partial charge in [-0.3, -0.25) is 14.6 Å². The summed E-state index contributed by atoms with van der Waals surface area (Å²) in [5.74, 6) is 0.549. The molecule has 32 heavy (non-hydrogen) atoms. The number of rotatable bonds is 8. The van der Waals surface area contributed by atoms with Gasteiger partial charge in [0.2, 0.25) is 5.91 Å². The fourth-order valence-corrected chi connectivity index (χ4v) is 4.48. The van der Waals surface area contributed by atoms with Gasteiger partial charge >= 0.3 is 0 Å². The Labute approximate surface area is 191 Å². The van der Waals surface area contributed by atoms with Crippen LogP contribution in [0.25, 0.3) is 11.3 Å². The molecule has 6 nitrogen and oxygen atoms in total. The van der Waals surface area contributed by atoms with Gasteiger partial charge in [-0.1, -0.05) is 0 Å². The second-order valence-corrected chi connectivity index (χ2v) is 8.63. The number of anilines is 1. The maximum absolute atomic E-state index is 13.1. The second kappa shape index (κ2) is 10.7. The molecule has 0 saturated carbocycles. The molecule has 0 atom stereocenters. The number of hydrogen-bond acceptors (Lipinski definition) is 6. The Morgan fingerprint density at radius 1 is 1.06 bits per heavy atom. The Hall–Kier alpha value is -2.81. The predicted molar refractivity (Wildman–Crippen MR) is 125 cm³/mol. The molecule has 1 aromatic heterocycles. The first-order valence-corrected chi connectivity index (χ1v) is 11.6. The lowest BCUT2D eigenvalue weighted by molar-refractivity contribution is -0.117. The van der Waals surface area contributed by atoms with Gasteiger partial charge in [0.25, 0.3) is 0 Å². The van der Waals surface area contributed by atoms with E-state index < -0.39 is 0 Å². The molecule has 1 aliphatic heterocycles. The van der Waals surface area contributed by atoms with Gasteiger partial charge in [-0.05, 0) is 55.5 Å². The van der Waals surface area contributed by atoms with E-state index in [4.69, 9.17) is 9.72 Å². The third-order valence-corrected chi connectivity index (χ3v) is 6.17. The molecule has 1 aliphatic rings. The number of aromatic nitrogens is 1. The zero-order valence-electron chi connectivity index (χ0n) is 18.1. The third kappa shape index (κ3) is 6.12. The highest BCUT2D eigenvalue weighted by molar-refractivity contribution is 7.09. The number of nitrogens with one attached hydrogen (secondary N) is 1. The minimum absolute atomic E-state index is 0.00790. The molecule has 1 fully saturated rings. The smallest absolute Gasteiger partial charge is 0.238 e. The van der Waals surface area contributed by atoms with Gasteiger partial charge < -0.3 is 10.1 Å². The van der Waals surface area contributed by atoms with Crippen molar-refractivity contribution < 1.29 is 13.9 Å². The highest BCUT2D eigenvalue weighted by Gasteiger charge is 2.20. The lowest BCUT2D eigenvalue weighted by Gasteiger charge is -2.33. The average molecular weight is 455 g/mol.